The Kier molecular flexibility index (Phi) is 4.00. The third-order valence-corrected chi connectivity index (χ3v) is 4.20. The number of ether oxygens (including phenoxy) is 1. The van der Waals surface area contributed by atoms with Gasteiger partial charge in [-0.25, -0.2) is 29.0 Å². The summed E-state index contributed by atoms with van der Waals surface area (Å²) in [7, 11) is 0. The molecule has 0 saturated heterocycles. The molecule has 0 unspecified atom stereocenters. The molecule has 28 heavy (non-hydrogen) atoms. The second-order valence-electron chi connectivity index (χ2n) is 5.86. The predicted octanol–water partition coefficient (Wildman–Crippen LogP) is 3.00. The number of esters is 1. The van der Waals surface area contributed by atoms with Crippen LogP contribution in [0.4, 0.5) is 0 Å². The maximum absolute atomic E-state index is 12.7. The molecule has 1 aliphatic rings. The van der Waals surface area contributed by atoms with Crippen LogP contribution in [0.1, 0.15) is 41.4 Å². The molecule has 138 valence electrons. The summed E-state index contributed by atoms with van der Waals surface area (Å²) < 4.78 is 5.22. The van der Waals surface area contributed by atoms with E-state index in [2.05, 4.69) is 9.78 Å². The van der Waals surface area contributed by atoms with Crippen LogP contribution < -0.4 is 4.74 Å². The molecular weight excluding hydrogens is 368 g/mol. The van der Waals surface area contributed by atoms with Crippen LogP contribution in [0.15, 0.2) is 54.6 Å². The first-order chi connectivity index (χ1) is 13.5. The van der Waals surface area contributed by atoms with E-state index < -0.39 is 23.9 Å². The molecule has 1 aliphatic heterocycles. The summed E-state index contributed by atoms with van der Waals surface area (Å²) in [5.41, 5.74) is -0.818. The molecule has 0 radical (unpaired) electrons. The van der Waals surface area contributed by atoms with Gasteiger partial charge in [0.25, 0.3) is 0 Å². The van der Waals surface area contributed by atoms with Crippen LogP contribution >= 0.6 is 0 Å². The summed E-state index contributed by atoms with van der Waals surface area (Å²) in [6.07, 6.45) is 0. The van der Waals surface area contributed by atoms with Gasteiger partial charge in [0.1, 0.15) is 11.3 Å². The van der Waals surface area contributed by atoms with E-state index in [4.69, 9.17) is 4.74 Å². The molecule has 8 heteroatoms. The number of aromatic carboxylic acids is 1. The number of benzene rings is 3. The van der Waals surface area contributed by atoms with E-state index in [1.807, 2.05) is 0 Å². The Morgan fingerprint density at radius 3 is 2.36 bits per heavy atom. The van der Waals surface area contributed by atoms with Crippen molar-refractivity contribution in [2.45, 2.75) is 0 Å². The van der Waals surface area contributed by atoms with Crippen molar-refractivity contribution in [1.82, 2.24) is 0 Å². The molecule has 2 bridgehead atoms. The fourth-order valence-electron chi connectivity index (χ4n) is 2.89. The fourth-order valence-corrected chi connectivity index (χ4v) is 2.89. The largest absolute Gasteiger partial charge is 0.478 e. The van der Waals surface area contributed by atoms with Crippen molar-refractivity contribution in [2.24, 2.45) is 0 Å². The number of fused-ring (bicyclic) bond motifs is 5. The predicted molar refractivity (Wildman–Crippen MR) is 93.1 cm³/mol. The highest BCUT2D eigenvalue weighted by Crippen LogP contribution is 2.28. The molecule has 3 aromatic rings. The van der Waals surface area contributed by atoms with E-state index in [1.54, 1.807) is 30.3 Å². The van der Waals surface area contributed by atoms with E-state index in [9.17, 15) is 24.3 Å². The Balaban J connectivity index is 1.94. The van der Waals surface area contributed by atoms with Crippen LogP contribution in [0.25, 0.3) is 10.8 Å². The molecule has 0 aromatic heterocycles. The molecule has 1 heterocycles. The van der Waals surface area contributed by atoms with Crippen LogP contribution in [-0.2, 0) is 9.78 Å². The highest BCUT2D eigenvalue weighted by atomic mass is 17.2. The molecule has 0 spiro atoms. The maximum Gasteiger partial charge on any atom is 0.387 e. The molecule has 4 rings (SSSR count). The van der Waals surface area contributed by atoms with Crippen LogP contribution in [0.5, 0.6) is 5.75 Å². The first-order valence-electron chi connectivity index (χ1n) is 8.00. The van der Waals surface area contributed by atoms with E-state index >= 15 is 0 Å². The van der Waals surface area contributed by atoms with Crippen molar-refractivity contribution in [3.05, 3.63) is 76.9 Å². The van der Waals surface area contributed by atoms with Crippen molar-refractivity contribution in [1.29, 1.82) is 0 Å². The van der Waals surface area contributed by atoms with Crippen LogP contribution in [-0.4, -0.2) is 29.0 Å². The normalized spacial score (nSPS) is 13.6. The minimum Gasteiger partial charge on any atom is -0.478 e. The van der Waals surface area contributed by atoms with Crippen molar-refractivity contribution in [3.63, 3.8) is 0 Å². The number of hydrogen-bond donors (Lipinski definition) is 1. The van der Waals surface area contributed by atoms with Gasteiger partial charge in [0.15, 0.2) is 0 Å². The monoisotopic (exact) mass is 378 g/mol. The topological polar surface area (TPSA) is 116 Å². The second-order valence-corrected chi connectivity index (χ2v) is 5.86. The first kappa shape index (κ1) is 17.2. The highest BCUT2D eigenvalue weighted by molar-refractivity contribution is 6.13. The van der Waals surface area contributed by atoms with Gasteiger partial charge in [-0.2, -0.15) is 0 Å². The third-order valence-electron chi connectivity index (χ3n) is 4.20. The SMILES string of the molecule is O=C1OOC(=O)c2c(ccc3ccccc23)C(=O)Oc2cc1ccc2C(=O)O. The number of rotatable bonds is 1. The summed E-state index contributed by atoms with van der Waals surface area (Å²) in [6.45, 7) is 0. The number of carbonyl (C=O) groups excluding carboxylic acids is 3. The fraction of sp³-hybridized carbons (Fsp3) is 0. The summed E-state index contributed by atoms with van der Waals surface area (Å²) in [5, 5.41) is 10.3. The molecule has 1 N–H and O–H groups in total. The zero-order valence-corrected chi connectivity index (χ0v) is 14.0. The maximum atomic E-state index is 12.7. The Morgan fingerprint density at radius 1 is 0.821 bits per heavy atom. The smallest absolute Gasteiger partial charge is 0.387 e. The Bertz CT molecular complexity index is 1180. The van der Waals surface area contributed by atoms with E-state index in [0.717, 1.165) is 18.2 Å². The summed E-state index contributed by atoms with van der Waals surface area (Å²) in [6, 6.07) is 12.9. The molecule has 0 aliphatic carbocycles. The average molecular weight is 378 g/mol. The molecule has 3 aromatic carbocycles. The van der Waals surface area contributed by atoms with E-state index in [1.165, 1.54) is 6.07 Å². The van der Waals surface area contributed by atoms with Gasteiger partial charge in [-0.05, 0) is 35.0 Å². The number of carboxylic acids is 1. The van der Waals surface area contributed by atoms with Gasteiger partial charge in [-0.15, -0.1) is 0 Å². The van der Waals surface area contributed by atoms with Crippen LogP contribution in [0.2, 0.25) is 0 Å². The quantitative estimate of drug-likeness (QED) is 0.390. The van der Waals surface area contributed by atoms with Gasteiger partial charge in [-0.1, -0.05) is 30.3 Å². The van der Waals surface area contributed by atoms with Gasteiger partial charge in [-0.3, -0.25) is 0 Å². The van der Waals surface area contributed by atoms with Crippen LogP contribution in [0, 0.1) is 0 Å². The lowest BCUT2D eigenvalue weighted by Crippen LogP contribution is -2.17. The molecule has 0 amide bonds. The van der Waals surface area contributed by atoms with Gasteiger partial charge in [0, 0.05) is 0 Å². The third kappa shape index (κ3) is 2.82. The molecule has 8 nitrogen and oxygen atoms in total. The minimum atomic E-state index is -1.36. The number of carboxylic acid groups (broad SMARTS) is 1. The lowest BCUT2D eigenvalue weighted by molar-refractivity contribution is -0.187. The second kappa shape index (κ2) is 6.51. The summed E-state index contributed by atoms with van der Waals surface area (Å²) in [5.74, 6) is -4.81. The number of hydrogen-bond acceptors (Lipinski definition) is 7. The molecule has 0 atom stereocenters. The zero-order chi connectivity index (χ0) is 19.8. The number of carbonyl (C=O) groups is 4. The van der Waals surface area contributed by atoms with Crippen molar-refractivity contribution >= 4 is 34.6 Å². The van der Waals surface area contributed by atoms with Crippen molar-refractivity contribution < 1.29 is 38.8 Å². The molecule has 0 saturated carbocycles. The average Bonchev–Trinajstić information content (AvgIpc) is 2.70. The van der Waals surface area contributed by atoms with Gasteiger partial charge in [0.05, 0.1) is 16.7 Å². The summed E-state index contributed by atoms with van der Waals surface area (Å²) in [4.78, 5) is 58.0. The minimum absolute atomic E-state index is 0.156. The van der Waals surface area contributed by atoms with Gasteiger partial charge in [0.2, 0.25) is 0 Å². The van der Waals surface area contributed by atoms with Crippen LogP contribution in [0.3, 0.4) is 0 Å². The Hall–Kier alpha value is -4.20. The standard InChI is InChI=1S/C20H10O8/c21-17(22)13-7-6-11-9-15(13)26-19(24)14-8-5-10-3-1-2-4-12(10)16(14)20(25)28-27-18(11)23/h1-9H,(H,21,22). The lowest BCUT2D eigenvalue weighted by atomic mass is 9.99. The lowest BCUT2D eigenvalue weighted by Gasteiger charge is -2.11. The van der Waals surface area contributed by atoms with Gasteiger partial charge >= 0.3 is 23.9 Å². The molecule has 0 fully saturated rings. The Labute approximate surface area is 156 Å². The molecular formula is C20H10O8. The van der Waals surface area contributed by atoms with Crippen molar-refractivity contribution in [2.75, 3.05) is 0 Å². The Morgan fingerprint density at radius 2 is 1.57 bits per heavy atom. The van der Waals surface area contributed by atoms with Gasteiger partial charge < -0.3 is 9.84 Å². The first-order valence-corrected chi connectivity index (χ1v) is 8.00. The van der Waals surface area contributed by atoms with Crippen molar-refractivity contribution in [3.8, 4) is 5.75 Å². The van der Waals surface area contributed by atoms with E-state index in [0.29, 0.717) is 10.8 Å². The van der Waals surface area contributed by atoms with E-state index in [-0.39, 0.29) is 28.0 Å². The highest BCUT2D eigenvalue weighted by Gasteiger charge is 2.28. The zero-order valence-electron chi connectivity index (χ0n) is 14.0. The summed E-state index contributed by atoms with van der Waals surface area (Å²) >= 11 is 0.